The minimum Gasteiger partial charge on any atom is -0.462 e. The second kappa shape index (κ2) is 54.9. The standard InChI is InChI=1S/C61H102O6/c1-4-7-10-13-16-19-22-25-28-30-33-35-38-41-44-47-50-53-59(62)65-56-58(67-61(64)55-52-49-46-43-40-37-32-27-24-21-18-15-12-9-6-3)57-66-60(63)54-51-48-45-42-39-36-34-31-29-26-23-20-17-14-11-8-5-2/h7,10,16-17,19-20,25-26,28-29,33-36,42,45,58H,4-6,8-9,11-15,18,21-24,27,30-32,37-41,43-44,46-57H2,1-3H3/b10-7-,19-16-,20-17-,28-25-,29-26-,35-33-,36-34-,45-42-/t58-/m1/s1. The molecule has 0 aromatic carbocycles. The van der Waals surface area contributed by atoms with Crippen LogP contribution in [0.25, 0.3) is 0 Å². The van der Waals surface area contributed by atoms with Gasteiger partial charge in [0.1, 0.15) is 13.2 Å². The topological polar surface area (TPSA) is 78.9 Å². The Bertz CT molecular complexity index is 1350. The van der Waals surface area contributed by atoms with E-state index in [1.54, 1.807) is 0 Å². The summed E-state index contributed by atoms with van der Waals surface area (Å²) in [5.41, 5.74) is 0. The van der Waals surface area contributed by atoms with E-state index in [9.17, 15) is 14.4 Å². The van der Waals surface area contributed by atoms with E-state index in [1.807, 2.05) is 0 Å². The van der Waals surface area contributed by atoms with E-state index >= 15 is 0 Å². The maximum atomic E-state index is 12.8. The Balaban J connectivity index is 4.51. The van der Waals surface area contributed by atoms with Crippen molar-refractivity contribution in [1.29, 1.82) is 0 Å². The first-order chi connectivity index (χ1) is 33.0. The van der Waals surface area contributed by atoms with Crippen molar-refractivity contribution in [3.8, 4) is 0 Å². The number of esters is 3. The average molecular weight is 931 g/mol. The van der Waals surface area contributed by atoms with E-state index in [0.717, 1.165) is 103 Å². The van der Waals surface area contributed by atoms with Gasteiger partial charge in [-0.3, -0.25) is 14.4 Å². The van der Waals surface area contributed by atoms with Crippen molar-refractivity contribution >= 4 is 17.9 Å². The fourth-order valence-electron chi connectivity index (χ4n) is 7.43. The Morgan fingerprint density at radius 1 is 0.313 bits per heavy atom. The Morgan fingerprint density at radius 3 is 1.00 bits per heavy atom. The number of ether oxygens (including phenoxy) is 3. The molecule has 0 radical (unpaired) electrons. The van der Waals surface area contributed by atoms with Gasteiger partial charge in [0.25, 0.3) is 0 Å². The molecule has 0 saturated heterocycles. The van der Waals surface area contributed by atoms with Crippen LogP contribution in [0.3, 0.4) is 0 Å². The van der Waals surface area contributed by atoms with Crippen molar-refractivity contribution < 1.29 is 28.6 Å². The molecule has 0 amide bonds. The number of carbonyl (C=O) groups excluding carboxylic acids is 3. The van der Waals surface area contributed by atoms with E-state index in [4.69, 9.17) is 14.2 Å². The van der Waals surface area contributed by atoms with Gasteiger partial charge in [0, 0.05) is 19.3 Å². The van der Waals surface area contributed by atoms with Gasteiger partial charge in [-0.25, -0.2) is 0 Å². The first kappa shape index (κ1) is 63.3. The molecule has 0 unspecified atom stereocenters. The monoisotopic (exact) mass is 931 g/mol. The number of rotatable bonds is 49. The fraction of sp³-hybridized carbons (Fsp3) is 0.689. The van der Waals surface area contributed by atoms with Gasteiger partial charge < -0.3 is 14.2 Å². The third-order valence-electron chi connectivity index (χ3n) is 11.6. The smallest absolute Gasteiger partial charge is 0.306 e. The van der Waals surface area contributed by atoms with Crippen molar-refractivity contribution in [2.45, 2.75) is 258 Å². The van der Waals surface area contributed by atoms with Crippen LogP contribution in [0.15, 0.2) is 97.2 Å². The summed E-state index contributed by atoms with van der Waals surface area (Å²) in [7, 11) is 0. The molecular formula is C61H102O6. The molecule has 0 spiro atoms. The Hall–Kier alpha value is -3.67. The molecule has 0 aliphatic rings. The lowest BCUT2D eigenvalue weighted by Crippen LogP contribution is -2.30. The quantitative estimate of drug-likeness (QED) is 0.0262. The molecule has 0 aliphatic heterocycles. The molecule has 382 valence electrons. The SMILES string of the molecule is CC/C=C\C/C=C\C/C=C\C/C=C\CCCCCCC(=O)OC[C@H](COC(=O)CCC/C=C\C/C=C\C/C=C\C/C=C\CCCCC)OC(=O)CCCCCCCCCCCCCCCCC. The Labute approximate surface area is 413 Å². The molecule has 0 fully saturated rings. The molecule has 0 aromatic rings. The second-order valence-corrected chi connectivity index (χ2v) is 18.1. The van der Waals surface area contributed by atoms with E-state index in [1.165, 1.54) is 103 Å². The molecule has 1 atom stereocenters. The summed E-state index contributed by atoms with van der Waals surface area (Å²) in [6, 6.07) is 0. The maximum Gasteiger partial charge on any atom is 0.306 e. The molecule has 0 rings (SSSR count). The molecule has 0 heterocycles. The van der Waals surface area contributed by atoms with Crippen LogP contribution in [-0.4, -0.2) is 37.2 Å². The summed E-state index contributed by atoms with van der Waals surface area (Å²) in [6.07, 6.45) is 72.5. The Morgan fingerprint density at radius 2 is 0.597 bits per heavy atom. The minimum atomic E-state index is -0.809. The van der Waals surface area contributed by atoms with Crippen LogP contribution in [0.2, 0.25) is 0 Å². The van der Waals surface area contributed by atoms with Gasteiger partial charge >= 0.3 is 17.9 Å². The van der Waals surface area contributed by atoms with Gasteiger partial charge in [0.2, 0.25) is 0 Å². The number of hydrogen-bond donors (Lipinski definition) is 0. The average Bonchev–Trinajstić information content (AvgIpc) is 3.33. The maximum absolute atomic E-state index is 12.8. The summed E-state index contributed by atoms with van der Waals surface area (Å²) >= 11 is 0. The van der Waals surface area contributed by atoms with Crippen LogP contribution in [0.5, 0.6) is 0 Å². The highest BCUT2D eigenvalue weighted by Gasteiger charge is 2.19. The lowest BCUT2D eigenvalue weighted by atomic mass is 10.0. The largest absolute Gasteiger partial charge is 0.462 e. The molecule has 0 N–H and O–H groups in total. The van der Waals surface area contributed by atoms with Crippen LogP contribution in [0.4, 0.5) is 0 Å². The van der Waals surface area contributed by atoms with E-state index in [0.29, 0.717) is 19.3 Å². The van der Waals surface area contributed by atoms with E-state index in [2.05, 4.69) is 118 Å². The summed E-state index contributed by atoms with van der Waals surface area (Å²) in [4.78, 5) is 38.1. The number of unbranched alkanes of at least 4 members (excludes halogenated alkanes) is 22. The minimum absolute atomic E-state index is 0.106. The normalized spacial score (nSPS) is 12.8. The highest BCUT2D eigenvalue weighted by molar-refractivity contribution is 5.71. The van der Waals surface area contributed by atoms with Crippen LogP contribution in [-0.2, 0) is 28.6 Å². The van der Waals surface area contributed by atoms with Gasteiger partial charge in [0.15, 0.2) is 6.10 Å². The van der Waals surface area contributed by atoms with Gasteiger partial charge in [-0.05, 0) is 96.3 Å². The van der Waals surface area contributed by atoms with Gasteiger partial charge in [-0.1, -0.05) is 234 Å². The first-order valence-corrected chi connectivity index (χ1v) is 27.7. The van der Waals surface area contributed by atoms with Gasteiger partial charge in [-0.2, -0.15) is 0 Å². The van der Waals surface area contributed by atoms with E-state index < -0.39 is 6.10 Å². The van der Waals surface area contributed by atoms with Crippen molar-refractivity contribution in [2.24, 2.45) is 0 Å². The molecule has 67 heavy (non-hydrogen) atoms. The molecule has 6 heteroatoms. The first-order valence-electron chi connectivity index (χ1n) is 27.7. The van der Waals surface area contributed by atoms with E-state index in [-0.39, 0.29) is 37.5 Å². The number of allylic oxidation sites excluding steroid dienone is 16. The lowest BCUT2D eigenvalue weighted by Gasteiger charge is -2.18. The highest BCUT2D eigenvalue weighted by atomic mass is 16.6. The van der Waals surface area contributed by atoms with Crippen LogP contribution < -0.4 is 0 Å². The van der Waals surface area contributed by atoms with Crippen LogP contribution >= 0.6 is 0 Å². The zero-order chi connectivity index (χ0) is 48.6. The van der Waals surface area contributed by atoms with Crippen molar-refractivity contribution in [1.82, 2.24) is 0 Å². The van der Waals surface area contributed by atoms with Crippen molar-refractivity contribution in [3.63, 3.8) is 0 Å². The van der Waals surface area contributed by atoms with Gasteiger partial charge in [-0.15, -0.1) is 0 Å². The van der Waals surface area contributed by atoms with Gasteiger partial charge in [0.05, 0.1) is 0 Å². The fourth-order valence-corrected chi connectivity index (χ4v) is 7.43. The second-order valence-electron chi connectivity index (χ2n) is 18.1. The number of hydrogen-bond acceptors (Lipinski definition) is 6. The molecule has 6 nitrogen and oxygen atoms in total. The van der Waals surface area contributed by atoms with Crippen molar-refractivity contribution in [2.75, 3.05) is 13.2 Å². The Kier molecular flexibility index (Phi) is 51.9. The van der Waals surface area contributed by atoms with Crippen LogP contribution in [0, 0.1) is 0 Å². The van der Waals surface area contributed by atoms with Crippen molar-refractivity contribution in [3.05, 3.63) is 97.2 Å². The molecular weight excluding hydrogens is 829 g/mol. The molecule has 0 aliphatic carbocycles. The zero-order valence-corrected chi connectivity index (χ0v) is 43.6. The molecule has 0 saturated carbocycles. The number of carbonyl (C=O) groups is 3. The summed E-state index contributed by atoms with van der Waals surface area (Å²) in [5.74, 6) is -0.982. The summed E-state index contributed by atoms with van der Waals surface area (Å²) < 4.78 is 16.8. The van der Waals surface area contributed by atoms with Crippen LogP contribution in [0.1, 0.15) is 252 Å². The summed E-state index contributed by atoms with van der Waals surface area (Å²) in [5, 5.41) is 0. The summed E-state index contributed by atoms with van der Waals surface area (Å²) in [6.45, 7) is 6.44. The third kappa shape index (κ3) is 53.2. The lowest BCUT2D eigenvalue weighted by molar-refractivity contribution is -0.167. The predicted octanol–water partition coefficient (Wildman–Crippen LogP) is 18.5. The third-order valence-corrected chi connectivity index (χ3v) is 11.6. The zero-order valence-electron chi connectivity index (χ0n) is 43.6. The molecule has 0 bridgehead atoms. The molecule has 0 aromatic heterocycles. The highest BCUT2D eigenvalue weighted by Crippen LogP contribution is 2.15. The predicted molar refractivity (Wildman–Crippen MR) is 288 cm³/mol.